The van der Waals surface area contributed by atoms with E-state index < -0.39 is 11.6 Å². The summed E-state index contributed by atoms with van der Waals surface area (Å²) in [5, 5.41) is 4.47. The Balaban J connectivity index is 2.13. The van der Waals surface area contributed by atoms with E-state index in [-0.39, 0.29) is 24.1 Å². The molecule has 8 heteroatoms. The minimum Gasteiger partial charge on any atom is -0.350 e. The third-order valence-electron chi connectivity index (χ3n) is 4.39. The van der Waals surface area contributed by atoms with E-state index in [9.17, 15) is 9.59 Å². The van der Waals surface area contributed by atoms with Gasteiger partial charge in [0.2, 0.25) is 11.8 Å². The van der Waals surface area contributed by atoms with E-state index in [1.165, 1.54) is 11.8 Å². The van der Waals surface area contributed by atoms with Crippen LogP contribution in [-0.2, 0) is 21.9 Å². The number of rotatable bonds is 8. The monoisotopic (exact) mass is 500 g/mol. The standard InChI is InChI=1S/C23H27Cl3N2O2S/c1-15(22(30)27-23(2,3)4)28(12-16-8-9-19(25)20(26)11-16)21(29)14-31-13-17-6-5-7-18(24)10-17/h5-11,15H,12-14H2,1-4H3,(H,27,30). The van der Waals surface area contributed by atoms with Gasteiger partial charge in [0.05, 0.1) is 15.8 Å². The largest absolute Gasteiger partial charge is 0.350 e. The molecule has 0 spiro atoms. The van der Waals surface area contributed by atoms with Crippen LogP contribution in [0.3, 0.4) is 0 Å². The Hall–Kier alpha value is -1.40. The first-order valence-electron chi connectivity index (χ1n) is 9.84. The van der Waals surface area contributed by atoms with Crippen LogP contribution in [0.15, 0.2) is 42.5 Å². The van der Waals surface area contributed by atoms with Crippen LogP contribution >= 0.6 is 46.6 Å². The number of carbonyl (C=O) groups is 2. The molecule has 2 rings (SSSR count). The van der Waals surface area contributed by atoms with Crippen molar-refractivity contribution in [2.24, 2.45) is 0 Å². The third-order valence-corrected chi connectivity index (χ3v) is 6.35. The molecule has 0 aliphatic rings. The van der Waals surface area contributed by atoms with Gasteiger partial charge >= 0.3 is 0 Å². The van der Waals surface area contributed by atoms with E-state index in [2.05, 4.69) is 5.32 Å². The van der Waals surface area contributed by atoms with Crippen molar-refractivity contribution in [1.29, 1.82) is 0 Å². The highest BCUT2D eigenvalue weighted by Gasteiger charge is 2.28. The zero-order valence-corrected chi connectivity index (χ0v) is 21.1. The highest BCUT2D eigenvalue weighted by molar-refractivity contribution is 7.99. The molecule has 168 valence electrons. The number of hydrogen-bond donors (Lipinski definition) is 1. The summed E-state index contributed by atoms with van der Waals surface area (Å²) in [6, 6.07) is 12.1. The highest BCUT2D eigenvalue weighted by Crippen LogP contribution is 2.24. The Labute approximate surface area is 203 Å². The van der Waals surface area contributed by atoms with Crippen molar-refractivity contribution in [2.75, 3.05) is 5.75 Å². The molecule has 0 bridgehead atoms. The molecule has 0 aliphatic carbocycles. The summed E-state index contributed by atoms with van der Waals surface area (Å²) in [5.41, 5.74) is 1.45. The minimum absolute atomic E-state index is 0.130. The number of thioether (sulfide) groups is 1. The van der Waals surface area contributed by atoms with Gasteiger partial charge in [0.1, 0.15) is 6.04 Å². The second-order valence-corrected chi connectivity index (χ2v) is 10.5. The maximum Gasteiger partial charge on any atom is 0.242 e. The van der Waals surface area contributed by atoms with Gasteiger partial charge in [-0.3, -0.25) is 9.59 Å². The molecular formula is C23H27Cl3N2O2S. The second-order valence-electron chi connectivity index (χ2n) is 8.31. The number of nitrogens with one attached hydrogen (secondary N) is 1. The molecule has 0 saturated carbocycles. The van der Waals surface area contributed by atoms with Crippen LogP contribution in [0.4, 0.5) is 0 Å². The average molecular weight is 502 g/mol. The normalized spacial score (nSPS) is 12.4. The number of amides is 2. The van der Waals surface area contributed by atoms with Crippen LogP contribution in [0.5, 0.6) is 0 Å². The number of halogens is 3. The van der Waals surface area contributed by atoms with E-state index in [0.717, 1.165) is 11.1 Å². The Morgan fingerprint density at radius 1 is 1.03 bits per heavy atom. The molecule has 2 aromatic carbocycles. The number of nitrogens with zero attached hydrogens (tertiary/aromatic N) is 1. The first-order chi connectivity index (χ1) is 14.5. The van der Waals surface area contributed by atoms with Crippen LogP contribution in [0, 0.1) is 0 Å². The molecule has 0 fully saturated rings. The summed E-state index contributed by atoms with van der Waals surface area (Å²) in [5.74, 6) is 0.548. The van der Waals surface area contributed by atoms with E-state index in [0.29, 0.717) is 20.8 Å². The van der Waals surface area contributed by atoms with Crippen LogP contribution in [0.25, 0.3) is 0 Å². The summed E-state index contributed by atoms with van der Waals surface area (Å²) < 4.78 is 0. The molecule has 2 amide bonds. The van der Waals surface area contributed by atoms with Crippen LogP contribution < -0.4 is 5.32 Å². The summed E-state index contributed by atoms with van der Waals surface area (Å²) >= 11 is 19.7. The Morgan fingerprint density at radius 2 is 1.74 bits per heavy atom. The van der Waals surface area contributed by atoms with Crippen molar-refractivity contribution < 1.29 is 9.59 Å². The molecule has 0 aromatic heterocycles. The number of hydrogen-bond acceptors (Lipinski definition) is 3. The Bertz CT molecular complexity index is 931. The Morgan fingerprint density at radius 3 is 2.35 bits per heavy atom. The van der Waals surface area contributed by atoms with Gasteiger partial charge in [-0.15, -0.1) is 11.8 Å². The molecule has 0 radical (unpaired) electrons. The predicted molar refractivity (Wildman–Crippen MR) is 132 cm³/mol. The fourth-order valence-electron chi connectivity index (χ4n) is 2.86. The van der Waals surface area contributed by atoms with E-state index in [4.69, 9.17) is 34.8 Å². The quantitative estimate of drug-likeness (QED) is 0.468. The molecule has 1 N–H and O–H groups in total. The molecule has 1 unspecified atom stereocenters. The van der Waals surface area contributed by atoms with Gasteiger partial charge in [-0.2, -0.15) is 0 Å². The van der Waals surface area contributed by atoms with Crippen molar-refractivity contribution in [3.63, 3.8) is 0 Å². The molecule has 0 aliphatic heterocycles. The fraction of sp³-hybridized carbons (Fsp3) is 0.391. The summed E-state index contributed by atoms with van der Waals surface area (Å²) in [6.45, 7) is 7.71. The fourth-order valence-corrected chi connectivity index (χ4v) is 4.25. The van der Waals surface area contributed by atoms with Gasteiger partial charge in [0, 0.05) is 22.9 Å². The maximum absolute atomic E-state index is 13.1. The number of carbonyl (C=O) groups excluding carboxylic acids is 2. The van der Waals surface area contributed by atoms with Crippen LogP contribution in [0.2, 0.25) is 15.1 Å². The van der Waals surface area contributed by atoms with E-state index in [1.807, 2.05) is 51.1 Å². The molecule has 0 saturated heterocycles. The summed E-state index contributed by atoms with van der Waals surface area (Å²) in [7, 11) is 0. The lowest BCUT2D eigenvalue weighted by molar-refractivity contribution is -0.139. The van der Waals surface area contributed by atoms with Gasteiger partial charge in [0.15, 0.2) is 0 Å². The molecule has 2 aromatic rings. The van der Waals surface area contributed by atoms with E-state index >= 15 is 0 Å². The first kappa shape index (κ1) is 25.9. The summed E-state index contributed by atoms with van der Waals surface area (Å²) in [6.07, 6.45) is 0. The molecular weight excluding hydrogens is 475 g/mol. The zero-order valence-electron chi connectivity index (χ0n) is 18.0. The Kier molecular flexibility index (Phi) is 9.56. The third kappa shape index (κ3) is 8.57. The maximum atomic E-state index is 13.1. The van der Waals surface area contributed by atoms with Crippen molar-refractivity contribution in [1.82, 2.24) is 10.2 Å². The smallest absolute Gasteiger partial charge is 0.242 e. The lowest BCUT2D eigenvalue weighted by atomic mass is 10.1. The highest BCUT2D eigenvalue weighted by atomic mass is 35.5. The van der Waals surface area contributed by atoms with Gasteiger partial charge in [-0.1, -0.05) is 53.0 Å². The molecule has 1 atom stereocenters. The minimum atomic E-state index is -0.645. The lowest BCUT2D eigenvalue weighted by Crippen LogP contribution is -2.52. The predicted octanol–water partition coefficient (Wildman–Crippen LogP) is 6.21. The van der Waals surface area contributed by atoms with Crippen molar-refractivity contribution in [3.05, 3.63) is 68.7 Å². The first-order valence-corrected chi connectivity index (χ1v) is 12.1. The van der Waals surface area contributed by atoms with Crippen LogP contribution in [-0.4, -0.2) is 34.0 Å². The average Bonchev–Trinajstić information content (AvgIpc) is 2.67. The zero-order chi connectivity index (χ0) is 23.2. The van der Waals surface area contributed by atoms with Gasteiger partial charge in [-0.05, 0) is 63.1 Å². The van der Waals surface area contributed by atoms with Crippen molar-refractivity contribution in [3.8, 4) is 0 Å². The molecule has 31 heavy (non-hydrogen) atoms. The van der Waals surface area contributed by atoms with Crippen molar-refractivity contribution >= 4 is 58.4 Å². The number of benzene rings is 2. The van der Waals surface area contributed by atoms with Gasteiger partial charge in [0.25, 0.3) is 0 Å². The topological polar surface area (TPSA) is 49.4 Å². The second kappa shape index (κ2) is 11.5. The van der Waals surface area contributed by atoms with Gasteiger partial charge < -0.3 is 10.2 Å². The SMILES string of the molecule is CC(C(=O)NC(C)(C)C)N(Cc1ccc(Cl)c(Cl)c1)C(=O)CSCc1cccc(Cl)c1. The van der Waals surface area contributed by atoms with Crippen LogP contribution in [0.1, 0.15) is 38.8 Å². The molecule has 0 heterocycles. The lowest BCUT2D eigenvalue weighted by Gasteiger charge is -2.31. The summed E-state index contributed by atoms with van der Waals surface area (Å²) in [4.78, 5) is 27.5. The molecule has 4 nitrogen and oxygen atoms in total. The van der Waals surface area contributed by atoms with Gasteiger partial charge in [-0.25, -0.2) is 0 Å². The van der Waals surface area contributed by atoms with E-state index in [1.54, 1.807) is 24.0 Å². The van der Waals surface area contributed by atoms with Crippen molar-refractivity contribution in [2.45, 2.75) is 51.6 Å².